The van der Waals surface area contributed by atoms with Crippen molar-refractivity contribution in [1.29, 1.82) is 0 Å². The third-order valence-corrected chi connectivity index (χ3v) is 4.03. The number of rotatable bonds is 7. The Morgan fingerprint density at radius 3 is 2.52 bits per heavy atom. The number of morpholine rings is 1. The van der Waals surface area contributed by atoms with Crippen LogP contribution in [0, 0.1) is 5.92 Å². The lowest BCUT2D eigenvalue weighted by Gasteiger charge is -2.31. The Balaban J connectivity index is 2.15. The van der Waals surface area contributed by atoms with Crippen molar-refractivity contribution >= 4 is 0 Å². The first-order valence-corrected chi connectivity index (χ1v) is 8.37. The van der Waals surface area contributed by atoms with E-state index in [1.165, 1.54) is 6.42 Å². The molecule has 2 rings (SSSR count). The first-order valence-electron chi connectivity index (χ1n) is 8.37. The summed E-state index contributed by atoms with van der Waals surface area (Å²) in [5.74, 6) is 2.72. The molecule has 0 aromatic carbocycles. The van der Waals surface area contributed by atoms with Gasteiger partial charge in [-0.1, -0.05) is 27.2 Å². The van der Waals surface area contributed by atoms with E-state index in [4.69, 9.17) is 14.8 Å². The minimum absolute atomic E-state index is 0.319. The van der Waals surface area contributed by atoms with Crippen molar-refractivity contribution in [2.24, 2.45) is 5.92 Å². The van der Waals surface area contributed by atoms with Crippen molar-refractivity contribution in [1.82, 2.24) is 19.7 Å². The fraction of sp³-hybridized carbons (Fsp3) is 0.875. The number of nitrogens with zero attached hydrogens (tertiary/aromatic N) is 4. The molecule has 0 spiro atoms. The van der Waals surface area contributed by atoms with E-state index in [-0.39, 0.29) is 0 Å². The summed E-state index contributed by atoms with van der Waals surface area (Å²) in [7, 11) is 0. The molecule has 0 bridgehead atoms. The van der Waals surface area contributed by atoms with E-state index in [0.29, 0.717) is 12.0 Å². The summed E-state index contributed by atoms with van der Waals surface area (Å²) in [5, 5.41) is 4.75. The van der Waals surface area contributed by atoms with Crippen molar-refractivity contribution < 1.29 is 4.74 Å². The lowest BCUT2D eigenvalue weighted by Crippen LogP contribution is -2.39. The quantitative estimate of drug-likeness (QED) is 0.775. The maximum absolute atomic E-state index is 5.45. The molecule has 0 radical (unpaired) electrons. The van der Waals surface area contributed by atoms with Gasteiger partial charge in [0.15, 0.2) is 5.82 Å². The second kappa shape index (κ2) is 7.90. The Bertz CT molecular complexity index is 424. The average Bonchev–Trinajstić information content (AvgIpc) is 2.87. The topological polar surface area (TPSA) is 43.2 Å². The van der Waals surface area contributed by atoms with E-state index < -0.39 is 0 Å². The van der Waals surface area contributed by atoms with Crippen molar-refractivity contribution in [2.75, 3.05) is 26.3 Å². The molecule has 1 aromatic heterocycles. The summed E-state index contributed by atoms with van der Waals surface area (Å²) in [6.07, 6.45) is 3.31. The third-order valence-electron chi connectivity index (χ3n) is 4.03. The molecule has 0 aliphatic carbocycles. The highest BCUT2D eigenvalue weighted by molar-refractivity contribution is 5.00. The molecule has 1 atom stereocenters. The minimum atomic E-state index is 0.319. The molecule has 1 saturated heterocycles. The standard InChI is InChI=1S/C16H30N4O/c1-5-6-7-20-16(17-15(18-20)12-13(2)3)14(4)19-8-10-21-11-9-19/h13-14H,5-12H2,1-4H3. The van der Waals surface area contributed by atoms with Crippen molar-refractivity contribution in [3.63, 3.8) is 0 Å². The molecule has 1 aromatic rings. The Labute approximate surface area is 128 Å². The van der Waals surface area contributed by atoms with Gasteiger partial charge in [0, 0.05) is 26.1 Å². The van der Waals surface area contributed by atoms with Crippen LogP contribution in [0.3, 0.4) is 0 Å². The molecule has 21 heavy (non-hydrogen) atoms. The highest BCUT2D eigenvalue weighted by Gasteiger charge is 2.24. The fourth-order valence-electron chi connectivity index (χ4n) is 2.76. The van der Waals surface area contributed by atoms with E-state index >= 15 is 0 Å². The number of aromatic nitrogens is 3. The molecular weight excluding hydrogens is 264 g/mol. The molecule has 0 amide bonds. The SMILES string of the molecule is CCCCn1nc(CC(C)C)nc1C(C)N1CCOCC1. The van der Waals surface area contributed by atoms with Crippen LogP contribution >= 0.6 is 0 Å². The maximum atomic E-state index is 5.45. The van der Waals surface area contributed by atoms with Crippen LogP contribution in [0.1, 0.15) is 58.2 Å². The number of hydrogen-bond donors (Lipinski definition) is 0. The zero-order chi connectivity index (χ0) is 15.2. The first kappa shape index (κ1) is 16.4. The first-order chi connectivity index (χ1) is 10.1. The van der Waals surface area contributed by atoms with E-state index in [2.05, 4.69) is 37.3 Å². The number of ether oxygens (including phenoxy) is 1. The zero-order valence-electron chi connectivity index (χ0n) is 14.0. The molecule has 0 N–H and O–H groups in total. The van der Waals surface area contributed by atoms with Crippen molar-refractivity contribution in [3.05, 3.63) is 11.6 Å². The van der Waals surface area contributed by atoms with Crippen LogP contribution in [0.15, 0.2) is 0 Å². The normalized spacial score (nSPS) is 18.3. The number of hydrogen-bond acceptors (Lipinski definition) is 4. The summed E-state index contributed by atoms with van der Waals surface area (Å²) in [6.45, 7) is 13.5. The highest BCUT2D eigenvalue weighted by Crippen LogP contribution is 2.21. The number of unbranched alkanes of at least 4 members (excludes halogenated alkanes) is 1. The second-order valence-electron chi connectivity index (χ2n) is 6.39. The van der Waals surface area contributed by atoms with Gasteiger partial charge in [0.1, 0.15) is 5.82 Å². The van der Waals surface area contributed by atoms with Crippen LogP contribution in [-0.2, 0) is 17.7 Å². The second-order valence-corrected chi connectivity index (χ2v) is 6.39. The lowest BCUT2D eigenvalue weighted by molar-refractivity contribution is 0.0172. The van der Waals surface area contributed by atoms with Gasteiger partial charge in [-0.05, 0) is 19.3 Å². The van der Waals surface area contributed by atoms with Crippen molar-refractivity contribution in [3.8, 4) is 0 Å². The summed E-state index contributed by atoms with van der Waals surface area (Å²) >= 11 is 0. The van der Waals surface area contributed by atoms with Gasteiger partial charge in [-0.3, -0.25) is 4.90 Å². The Hall–Kier alpha value is -0.940. The lowest BCUT2D eigenvalue weighted by atomic mass is 10.1. The molecule has 1 unspecified atom stereocenters. The molecular formula is C16H30N4O. The van der Waals surface area contributed by atoms with Crippen molar-refractivity contribution in [2.45, 2.75) is 59.5 Å². The summed E-state index contributed by atoms with van der Waals surface area (Å²) in [5.41, 5.74) is 0. The van der Waals surface area contributed by atoms with Gasteiger partial charge in [0.25, 0.3) is 0 Å². The Morgan fingerprint density at radius 1 is 1.19 bits per heavy atom. The van der Waals surface area contributed by atoms with Gasteiger partial charge in [0.05, 0.1) is 19.3 Å². The van der Waals surface area contributed by atoms with E-state index in [0.717, 1.165) is 57.3 Å². The van der Waals surface area contributed by atoms with Crippen LogP contribution in [0.4, 0.5) is 0 Å². The van der Waals surface area contributed by atoms with Crippen LogP contribution < -0.4 is 0 Å². The smallest absolute Gasteiger partial charge is 0.151 e. The molecule has 5 nitrogen and oxygen atoms in total. The molecule has 120 valence electrons. The van der Waals surface area contributed by atoms with E-state index in [9.17, 15) is 0 Å². The van der Waals surface area contributed by atoms with Gasteiger partial charge in [-0.2, -0.15) is 5.10 Å². The van der Waals surface area contributed by atoms with E-state index in [1.54, 1.807) is 0 Å². The Morgan fingerprint density at radius 2 is 1.90 bits per heavy atom. The zero-order valence-corrected chi connectivity index (χ0v) is 14.0. The van der Waals surface area contributed by atoms with Crippen LogP contribution in [0.5, 0.6) is 0 Å². The summed E-state index contributed by atoms with van der Waals surface area (Å²) in [4.78, 5) is 7.30. The summed E-state index contributed by atoms with van der Waals surface area (Å²) < 4.78 is 7.59. The summed E-state index contributed by atoms with van der Waals surface area (Å²) in [6, 6.07) is 0.319. The van der Waals surface area contributed by atoms with Gasteiger partial charge < -0.3 is 4.74 Å². The predicted molar refractivity (Wildman–Crippen MR) is 84.3 cm³/mol. The largest absolute Gasteiger partial charge is 0.379 e. The van der Waals surface area contributed by atoms with Crippen LogP contribution in [0.25, 0.3) is 0 Å². The van der Waals surface area contributed by atoms with Crippen LogP contribution in [0.2, 0.25) is 0 Å². The predicted octanol–water partition coefficient (Wildman–Crippen LogP) is 2.67. The van der Waals surface area contributed by atoms with E-state index in [1.807, 2.05) is 0 Å². The fourth-order valence-corrected chi connectivity index (χ4v) is 2.76. The maximum Gasteiger partial charge on any atom is 0.151 e. The third kappa shape index (κ3) is 4.51. The molecule has 1 aliphatic heterocycles. The van der Waals surface area contributed by atoms with Gasteiger partial charge in [-0.25, -0.2) is 9.67 Å². The number of aryl methyl sites for hydroxylation is 1. The molecule has 0 saturated carbocycles. The average molecular weight is 294 g/mol. The van der Waals surface area contributed by atoms with Crippen LogP contribution in [-0.4, -0.2) is 46.0 Å². The van der Waals surface area contributed by atoms with Gasteiger partial charge in [0.2, 0.25) is 0 Å². The van der Waals surface area contributed by atoms with Gasteiger partial charge in [-0.15, -0.1) is 0 Å². The highest BCUT2D eigenvalue weighted by atomic mass is 16.5. The monoisotopic (exact) mass is 294 g/mol. The van der Waals surface area contributed by atoms with Gasteiger partial charge >= 0.3 is 0 Å². The Kier molecular flexibility index (Phi) is 6.18. The molecule has 5 heteroatoms. The molecule has 1 aliphatic rings. The molecule has 1 fully saturated rings. The minimum Gasteiger partial charge on any atom is -0.379 e. The molecule has 2 heterocycles.